The van der Waals surface area contributed by atoms with Crippen LogP contribution in [0.3, 0.4) is 0 Å². The molecule has 1 aliphatic heterocycles. The van der Waals surface area contributed by atoms with Crippen molar-refractivity contribution in [3.8, 4) is 5.88 Å². The molecule has 0 bridgehead atoms. The summed E-state index contributed by atoms with van der Waals surface area (Å²) in [6.45, 7) is 2.39. The minimum atomic E-state index is -0.0433. The van der Waals surface area contributed by atoms with E-state index in [1.54, 1.807) is 0 Å². The maximum Gasteiger partial charge on any atom is 0.242 e. The Bertz CT molecular complexity index is 370. The largest absolute Gasteiger partial charge is 0.476 e. The smallest absolute Gasteiger partial charge is 0.242 e. The molecule has 1 amide bonds. The number of nitrogens with zero attached hydrogens (tertiary/aromatic N) is 2. The SMILES string of the molecule is CCOc1ncnc2c1NC(=O)CS2. The summed E-state index contributed by atoms with van der Waals surface area (Å²) in [5.74, 6) is 0.798. The Labute approximate surface area is 85.3 Å². The lowest BCUT2D eigenvalue weighted by Gasteiger charge is -2.16. The first-order chi connectivity index (χ1) is 6.81. The van der Waals surface area contributed by atoms with Crippen LogP contribution in [0.5, 0.6) is 5.88 Å². The molecule has 1 N–H and O–H groups in total. The van der Waals surface area contributed by atoms with Crippen LogP contribution in [-0.4, -0.2) is 28.2 Å². The average molecular weight is 211 g/mol. The first-order valence-electron chi connectivity index (χ1n) is 4.21. The number of hydrogen-bond acceptors (Lipinski definition) is 5. The van der Waals surface area contributed by atoms with Gasteiger partial charge in [0, 0.05) is 0 Å². The van der Waals surface area contributed by atoms with Gasteiger partial charge in [0.1, 0.15) is 17.0 Å². The molecule has 2 rings (SSSR count). The molecule has 0 atom stereocenters. The number of aromatic nitrogens is 2. The van der Waals surface area contributed by atoms with E-state index in [1.165, 1.54) is 18.1 Å². The summed E-state index contributed by atoms with van der Waals surface area (Å²) in [5, 5.41) is 3.47. The number of hydrogen-bond donors (Lipinski definition) is 1. The van der Waals surface area contributed by atoms with Crippen molar-refractivity contribution in [2.75, 3.05) is 17.7 Å². The minimum absolute atomic E-state index is 0.0433. The summed E-state index contributed by atoms with van der Waals surface area (Å²) in [7, 11) is 0. The third-order valence-electron chi connectivity index (χ3n) is 1.66. The monoisotopic (exact) mass is 211 g/mol. The summed E-state index contributed by atoms with van der Waals surface area (Å²) in [4.78, 5) is 19.1. The lowest BCUT2D eigenvalue weighted by atomic mass is 10.4. The second-order valence-corrected chi connectivity index (χ2v) is 3.59. The molecule has 0 unspecified atom stereocenters. The van der Waals surface area contributed by atoms with Crippen LogP contribution in [0.15, 0.2) is 11.4 Å². The number of nitrogens with one attached hydrogen (secondary N) is 1. The third-order valence-corrected chi connectivity index (χ3v) is 2.65. The molecule has 0 saturated carbocycles. The third kappa shape index (κ3) is 1.65. The molecule has 1 aromatic heterocycles. The average Bonchev–Trinajstić information content (AvgIpc) is 2.19. The summed E-state index contributed by atoms with van der Waals surface area (Å²) in [5.41, 5.74) is 0.593. The van der Waals surface area contributed by atoms with E-state index in [0.717, 1.165) is 5.03 Å². The molecule has 1 aromatic rings. The highest BCUT2D eigenvalue weighted by molar-refractivity contribution is 8.00. The van der Waals surface area contributed by atoms with Crippen LogP contribution in [-0.2, 0) is 4.79 Å². The van der Waals surface area contributed by atoms with E-state index in [0.29, 0.717) is 23.9 Å². The second-order valence-electron chi connectivity index (χ2n) is 2.63. The molecule has 2 heterocycles. The highest BCUT2D eigenvalue weighted by Crippen LogP contribution is 2.34. The van der Waals surface area contributed by atoms with Gasteiger partial charge in [-0.1, -0.05) is 11.8 Å². The highest BCUT2D eigenvalue weighted by Gasteiger charge is 2.21. The van der Waals surface area contributed by atoms with Gasteiger partial charge in [-0.3, -0.25) is 4.79 Å². The van der Waals surface area contributed by atoms with E-state index < -0.39 is 0 Å². The number of carbonyl (C=O) groups excluding carboxylic acids is 1. The van der Waals surface area contributed by atoms with Gasteiger partial charge in [0.25, 0.3) is 0 Å². The van der Waals surface area contributed by atoms with Crippen molar-refractivity contribution in [3.63, 3.8) is 0 Å². The lowest BCUT2D eigenvalue weighted by molar-refractivity contribution is -0.113. The summed E-state index contributed by atoms with van der Waals surface area (Å²) >= 11 is 1.39. The quantitative estimate of drug-likeness (QED) is 0.737. The van der Waals surface area contributed by atoms with Crippen molar-refractivity contribution >= 4 is 23.4 Å². The Hall–Kier alpha value is -1.30. The summed E-state index contributed by atoms with van der Waals surface area (Å²) in [6, 6.07) is 0. The van der Waals surface area contributed by atoms with Crippen molar-refractivity contribution in [2.45, 2.75) is 11.9 Å². The predicted octanol–water partition coefficient (Wildman–Crippen LogP) is 0.919. The molecule has 0 aliphatic carbocycles. The van der Waals surface area contributed by atoms with Gasteiger partial charge in [0.15, 0.2) is 0 Å². The normalized spacial score (nSPS) is 14.5. The molecule has 0 fully saturated rings. The Kier molecular flexibility index (Phi) is 2.53. The van der Waals surface area contributed by atoms with E-state index in [9.17, 15) is 4.79 Å². The maximum atomic E-state index is 11.1. The fraction of sp³-hybridized carbons (Fsp3) is 0.375. The van der Waals surface area contributed by atoms with Crippen LogP contribution in [0.1, 0.15) is 6.92 Å². The van der Waals surface area contributed by atoms with Gasteiger partial charge in [-0.2, -0.15) is 4.98 Å². The molecule has 0 spiro atoms. The second kappa shape index (κ2) is 3.83. The van der Waals surface area contributed by atoms with E-state index in [1.807, 2.05) is 6.92 Å². The van der Waals surface area contributed by atoms with Crippen molar-refractivity contribution < 1.29 is 9.53 Å². The zero-order valence-electron chi connectivity index (χ0n) is 7.61. The molecule has 6 heteroatoms. The predicted molar refractivity (Wildman–Crippen MR) is 52.6 cm³/mol. The van der Waals surface area contributed by atoms with Crippen LogP contribution in [0, 0.1) is 0 Å². The number of amides is 1. The molecule has 0 aromatic carbocycles. The zero-order chi connectivity index (χ0) is 9.97. The molecule has 5 nitrogen and oxygen atoms in total. The van der Waals surface area contributed by atoms with Gasteiger partial charge < -0.3 is 10.1 Å². The molecule has 74 valence electrons. The maximum absolute atomic E-state index is 11.1. The zero-order valence-corrected chi connectivity index (χ0v) is 8.43. The van der Waals surface area contributed by atoms with E-state index in [2.05, 4.69) is 15.3 Å². The fourth-order valence-electron chi connectivity index (χ4n) is 1.13. The molecule has 14 heavy (non-hydrogen) atoms. The van der Waals surface area contributed by atoms with Crippen LogP contribution < -0.4 is 10.1 Å². The minimum Gasteiger partial charge on any atom is -0.476 e. The van der Waals surface area contributed by atoms with Gasteiger partial charge >= 0.3 is 0 Å². The lowest BCUT2D eigenvalue weighted by Crippen LogP contribution is -2.20. The van der Waals surface area contributed by atoms with E-state index in [4.69, 9.17) is 4.74 Å². The van der Waals surface area contributed by atoms with E-state index >= 15 is 0 Å². The fourth-order valence-corrected chi connectivity index (χ4v) is 1.87. The number of carbonyl (C=O) groups is 1. The Morgan fingerprint density at radius 2 is 2.50 bits per heavy atom. The first kappa shape index (κ1) is 9.26. The van der Waals surface area contributed by atoms with Crippen molar-refractivity contribution in [2.24, 2.45) is 0 Å². The highest BCUT2D eigenvalue weighted by atomic mass is 32.2. The molecule has 1 aliphatic rings. The van der Waals surface area contributed by atoms with Crippen LogP contribution >= 0.6 is 11.8 Å². The summed E-state index contributed by atoms with van der Waals surface area (Å²) < 4.78 is 5.27. The standard InChI is InChI=1S/C8H9N3O2S/c1-2-13-7-6-8(10-4-9-7)14-3-5(12)11-6/h4H,2-3H2,1H3,(H,11,12). The van der Waals surface area contributed by atoms with Crippen LogP contribution in [0.4, 0.5) is 5.69 Å². The number of ether oxygens (including phenoxy) is 1. The van der Waals surface area contributed by atoms with Gasteiger partial charge in [0.05, 0.1) is 12.4 Å². The molecule has 0 saturated heterocycles. The first-order valence-corrected chi connectivity index (χ1v) is 5.20. The summed E-state index contributed by atoms with van der Waals surface area (Å²) in [6.07, 6.45) is 1.44. The van der Waals surface area contributed by atoms with Gasteiger partial charge in [-0.25, -0.2) is 4.98 Å². The van der Waals surface area contributed by atoms with Crippen molar-refractivity contribution in [1.29, 1.82) is 0 Å². The number of anilines is 1. The van der Waals surface area contributed by atoms with E-state index in [-0.39, 0.29) is 5.91 Å². The molecular weight excluding hydrogens is 202 g/mol. The Balaban J connectivity index is 2.38. The molecule has 0 radical (unpaired) electrons. The van der Waals surface area contributed by atoms with Gasteiger partial charge in [-0.05, 0) is 6.92 Å². The van der Waals surface area contributed by atoms with Crippen molar-refractivity contribution in [3.05, 3.63) is 6.33 Å². The van der Waals surface area contributed by atoms with Crippen LogP contribution in [0.2, 0.25) is 0 Å². The van der Waals surface area contributed by atoms with Gasteiger partial charge in [0.2, 0.25) is 11.8 Å². The number of thioether (sulfide) groups is 1. The van der Waals surface area contributed by atoms with Gasteiger partial charge in [-0.15, -0.1) is 0 Å². The van der Waals surface area contributed by atoms with Crippen molar-refractivity contribution in [1.82, 2.24) is 9.97 Å². The number of rotatable bonds is 2. The molecular formula is C8H9N3O2S. The number of fused-ring (bicyclic) bond motifs is 1. The Morgan fingerprint density at radius 3 is 3.29 bits per heavy atom. The Morgan fingerprint density at radius 1 is 1.64 bits per heavy atom. The topological polar surface area (TPSA) is 64.1 Å². The van der Waals surface area contributed by atoms with Crippen LogP contribution in [0.25, 0.3) is 0 Å².